The Kier molecular flexibility index (Phi) is 5.95. The number of hydrogen-bond acceptors (Lipinski definition) is 3. The fraction of sp³-hybridized carbons (Fsp3) is 0.526. The molecule has 1 saturated heterocycles. The van der Waals surface area contributed by atoms with Gasteiger partial charge in [0.1, 0.15) is 12.4 Å². The maximum atomic E-state index is 12.3. The molecule has 4 nitrogen and oxygen atoms in total. The van der Waals surface area contributed by atoms with E-state index in [1.807, 2.05) is 24.3 Å². The second-order valence-corrected chi connectivity index (χ2v) is 7.55. The molecule has 2 aliphatic rings. The Morgan fingerprint density at radius 2 is 2.29 bits per heavy atom. The van der Waals surface area contributed by atoms with Crippen LogP contribution < -0.4 is 10.1 Å². The van der Waals surface area contributed by atoms with Crippen LogP contribution in [0.2, 0.25) is 0 Å². The van der Waals surface area contributed by atoms with Gasteiger partial charge in [-0.05, 0) is 57.0 Å². The van der Waals surface area contributed by atoms with Gasteiger partial charge in [0.05, 0.1) is 5.57 Å². The van der Waals surface area contributed by atoms with Crippen molar-refractivity contribution in [3.05, 3.63) is 33.8 Å². The summed E-state index contributed by atoms with van der Waals surface area (Å²) >= 11 is 3.45. The van der Waals surface area contributed by atoms with Gasteiger partial charge in [0.15, 0.2) is 0 Å². The van der Waals surface area contributed by atoms with Crippen molar-refractivity contribution >= 4 is 27.9 Å². The molecular weight excluding hydrogens is 368 g/mol. The molecule has 130 valence electrons. The number of nitrogens with one attached hydrogen (secondary N) is 1. The fourth-order valence-electron chi connectivity index (χ4n) is 3.37. The maximum Gasteiger partial charge on any atom is 0.250 e. The minimum atomic E-state index is -0.0210. The lowest BCUT2D eigenvalue weighted by atomic mass is 10.0. The average Bonchev–Trinajstić information content (AvgIpc) is 2.59. The van der Waals surface area contributed by atoms with E-state index < -0.39 is 0 Å². The molecule has 24 heavy (non-hydrogen) atoms. The Balaban J connectivity index is 1.47. The molecule has 0 saturated carbocycles. The molecule has 5 heteroatoms. The molecule has 1 aromatic carbocycles. The highest BCUT2D eigenvalue weighted by Crippen LogP contribution is 2.29. The number of rotatable bonds is 5. The Hall–Kier alpha value is -1.33. The van der Waals surface area contributed by atoms with Gasteiger partial charge < -0.3 is 15.0 Å². The van der Waals surface area contributed by atoms with Gasteiger partial charge in [0.25, 0.3) is 5.91 Å². The molecule has 0 spiro atoms. The maximum absolute atomic E-state index is 12.3. The van der Waals surface area contributed by atoms with Crippen LogP contribution in [0.1, 0.15) is 38.2 Å². The number of amides is 1. The van der Waals surface area contributed by atoms with E-state index in [1.165, 1.54) is 25.8 Å². The summed E-state index contributed by atoms with van der Waals surface area (Å²) < 4.78 is 6.65. The lowest BCUT2D eigenvalue weighted by Gasteiger charge is -2.33. The van der Waals surface area contributed by atoms with Crippen LogP contribution in [0, 0.1) is 0 Å². The van der Waals surface area contributed by atoms with E-state index in [0.29, 0.717) is 24.8 Å². The number of fused-ring (bicyclic) bond motifs is 1. The van der Waals surface area contributed by atoms with Crippen LogP contribution in [0.3, 0.4) is 0 Å². The number of halogens is 1. The molecule has 1 fully saturated rings. The van der Waals surface area contributed by atoms with Crippen molar-refractivity contribution in [2.75, 3.05) is 26.2 Å². The highest BCUT2D eigenvalue weighted by molar-refractivity contribution is 9.10. The smallest absolute Gasteiger partial charge is 0.250 e. The molecular formula is C19H25BrN2O2. The van der Waals surface area contributed by atoms with Gasteiger partial charge in [-0.2, -0.15) is 0 Å². The molecule has 0 bridgehead atoms. The monoisotopic (exact) mass is 392 g/mol. The molecule has 1 atom stereocenters. The molecule has 1 amide bonds. The van der Waals surface area contributed by atoms with E-state index in [1.54, 1.807) is 0 Å². The van der Waals surface area contributed by atoms with Gasteiger partial charge in [-0.25, -0.2) is 0 Å². The van der Waals surface area contributed by atoms with Crippen LogP contribution >= 0.6 is 15.9 Å². The lowest BCUT2D eigenvalue weighted by Crippen LogP contribution is -2.39. The molecule has 0 radical (unpaired) electrons. The number of likely N-dealkylation sites (tertiary alicyclic amines) is 1. The third-order valence-electron chi connectivity index (χ3n) is 4.82. The molecule has 0 unspecified atom stereocenters. The van der Waals surface area contributed by atoms with Gasteiger partial charge in [-0.15, -0.1) is 0 Å². The molecule has 3 rings (SSSR count). The predicted molar refractivity (Wildman–Crippen MR) is 100 cm³/mol. The van der Waals surface area contributed by atoms with E-state index in [0.717, 1.165) is 28.8 Å². The van der Waals surface area contributed by atoms with Crippen LogP contribution in [0.5, 0.6) is 5.75 Å². The van der Waals surface area contributed by atoms with Crippen molar-refractivity contribution < 1.29 is 9.53 Å². The van der Waals surface area contributed by atoms with E-state index in [-0.39, 0.29) is 5.91 Å². The number of carbonyl (C=O) groups excluding carboxylic acids is 1. The quantitative estimate of drug-likeness (QED) is 0.778. The van der Waals surface area contributed by atoms with Gasteiger partial charge in [0, 0.05) is 29.2 Å². The number of hydrogen-bond donors (Lipinski definition) is 1. The first kappa shape index (κ1) is 17.5. The van der Waals surface area contributed by atoms with Crippen molar-refractivity contribution in [1.82, 2.24) is 10.2 Å². The molecule has 1 N–H and O–H groups in total. The summed E-state index contributed by atoms with van der Waals surface area (Å²) in [5, 5.41) is 3.03. The van der Waals surface area contributed by atoms with Crippen molar-refractivity contribution in [1.29, 1.82) is 0 Å². The van der Waals surface area contributed by atoms with Crippen molar-refractivity contribution in [2.45, 2.75) is 38.6 Å². The van der Waals surface area contributed by atoms with Crippen molar-refractivity contribution in [2.24, 2.45) is 0 Å². The van der Waals surface area contributed by atoms with Crippen molar-refractivity contribution in [3.63, 3.8) is 0 Å². The first-order chi connectivity index (χ1) is 11.6. The summed E-state index contributed by atoms with van der Waals surface area (Å²) in [5.74, 6) is 0.807. The Labute approximate surface area is 152 Å². The second-order valence-electron chi connectivity index (χ2n) is 6.63. The molecule has 0 aromatic heterocycles. The van der Waals surface area contributed by atoms with Crippen LogP contribution in [0.15, 0.2) is 28.2 Å². The van der Waals surface area contributed by atoms with Crippen LogP contribution in [0.25, 0.3) is 6.08 Å². The van der Waals surface area contributed by atoms with E-state index >= 15 is 0 Å². The Bertz CT molecular complexity index is 630. The average molecular weight is 393 g/mol. The lowest BCUT2D eigenvalue weighted by molar-refractivity contribution is -0.117. The van der Waals surface area contributed by atoms with Crippen LogP contribution in [-0.4, -0.2) is 43.1 Å². The third kappa shape index (κ3) is 4.39. The number of ether oxygens (including phenoxy) is 1. The zero-order chi connectivity index (χ0) is 16.9. The largest absolute Gasteiger partial charge is 0.488 e. The summed E-state index contributed by atoms with van der Waals surface area (Å²) in [5.41, 5.74) is 1.63. The topological polar surface area (TPSA) is 41.6 Å². The standard InChI is InChI=1S/C19H25BrN2O2/c1-14-5-2-3-9-22(14)10-4-8-21-19(23)16-11-15-12-17(20)6-7-18(15)24-13-16/h6-7,11-12,14H,2-5,8-10,13H2,1H3,(H,21,23)/t14-/m1/s1. The minimum absolute atomic E-state index is 0.0210. The van der Waals surface area contributed by atoms with Crippen LogP contribution in [-0.2, 0) is 4.79 Å². The zero-order valence-corrected chi connectivity index (χ0v) is 15.8. The number of carbonyl (C=O) groups is 1. The SMILES string of the molecule is C[C@@H]1CCCCN1CCCNC(=O)C1=Cc2cc(Br)ccc2OC1. The van der Waals surface area contributed by atoms with Gasteiger partial charge in [-0.1, -0.05) is 22.4 Å². The van der Waals surface area contributed by atoms with Gasteiger partial charge >= 0.3 is 0 Å². The first-order valence-electron chi connectivity index (χ1n) is 8.78. The van der Waals surface area contributed by atoms with E-state index in [9.17, 15) is 4.79 Å². The first-order valence-corrected chi connectivity index (χ1v) is 9.58. The molecule has 1 aromatic rings. The van der Waals surface area contributed by atoms with E-state index in [4.69, 9.17) is 4.74 Å². The fourth-order valence-corrected chi connectivity index (χ4v) is 3.75. The van der Waals surface area contributed by atoms with E-state index in [2.05, 4.69) is 33.1 Å². The highest BCUT2D eigenvalue weighted by atomic mass is 79.9. The zero-order valence-electron chi connectivity index (χ0n) is 14.2. The summed E-state index contributed by atoms with van der Waals surface area (Å²) in [6, 6.07) is 6.52. The number of piperidine rings is 1. The Morgan fingerprint density at radius 1 is 1.42 bits per heavy atom. The third-order valence-corrected chi connectivity index (χ3v) is 5.32. The number of nitrogens with zero attached hydrogens (tertiary/aromatic N) is 1. The molecule has 0 aliphatic carbocycles. The normalized spacial score (nSPS) is 20.8. The molecule has 2 aliphatic heterocycles. The summed E-state index contributed by atoms with van der Waals surface area (Å²) in [7, 11) is 0. The van der Waals surface area contributed by atoms with Crippen LogP contribution in [0.4, 0.5) is 0 Å². The highest BCUT2D eigenvalue weighted by Gasteiger charge is 2.19. The summed E-state index contributed by atoms with van der Waals surface area (Å²) in [6.45, 7) is 5.61. The minimum Gasteiger partial charge on any atom is -0.488 e. The molecule has 2 heterocycles. The Morgan fingerprint density at radius 3 is 3.12 bits per heavy atom. The second kappa shape index (κ2) is 8.17. The summed E-state index contributed by atoms with van der Waals surface area (Å²) in [4.78, 5) is 14.9. The van der Waals surface area contributed by atoms with Gasteiger partial charge in [0.2, 0.25) is 0 Å². The number of benzene rings is 1. The summed E-state index contributed by atoms with van der Waals surface area (Å²) in [6.07, 6.45) is 6.86. The van der Waals surface area contributed by atoms with Gasteiger partial charge in [-0.3, -0.25) is 4.79 Å². The predicted octanol–water partition coefficient (Wildman–Crippen LogP) is 3.61. The van der Waals surface area contributed by atoms with Crippen molar-refractivity contribution in [3.8, 4) is 5.75 Å².